The summed E-state index contributed by atoms with van der Waals surface area (Å²) in [6.45, 7) is 0. The first-order valence-corrected chi connectivity index (χ1v) is 7.00. The molecular formula is C13H12BrClN4O2. The number of nitrogens with zero attached hydrogens (tertiary/aromatic N) is 1. The van der Waals surface area contributed by atoms with E-state index in [-0.39, 0.29) is 10.7 Å². The molecule has 0 saturated heterocycles. The SMILES string of the molecule is COc1ccc(Br)c(NC(=O)c2nc(NN)ccc2Cl)c1. The smallest absolute Gasteiger partial charge is 0.275 e. The van der Waals surface area contributed by atoms with Gasteiger partial charge in [-0.3, -0.25) is 4.79 Å². The number of aromatic nitrogens is 1. The van der Waals surface area contributed by atoms with Crippen LogP contribution >= 0.6 is 27.5 Å². The second kappa shape index (κ2) is 6.75. The Kier molecular flexibility index (Phi) is 5.00. The molecule has 2 rings (SSSR count). The molecule has 1 heterocycles. The maximum atomic E-state index is 12.3. The summed E-state index contributed by atoms with van der Waals surface area (Å²) in [4.78, 5) is 16.3. The van der Waals surface area contributed by atoms with Gasteiger partial charge in [-0.05, 0) is 40.2 Å². The summed E-state index contributed by atoms with van der Waals surface area (Å²) in [5, 5.41) is 2.94. The van der Waals surface area contributed by atoms with Crippen LogP contribution in [-0.2, 0) is 0 Å². The van der Waals surface area contributed by atoms with Crippen molar-refractivity contribution in [2.75, 3.05) is 17.9 Å². The van der Waals surface area contributed by atoms with Gasteiger partial charge in [-0.15, -0.1) is 0 Å². The maximum absolute atomic E-state index is 12.3. The number of nitrogens with one attached hydrogen (secondary N) is 2. The summed E-state index contributed by atoms with van der Waals surface area (Å²) in [6, 6.07) is 8.33. The van der Waals surface area contributed by atoms with Crippen LogP contribution in [0.4, 0.5) is 11.5 Å². The molecule has 0 fully saturated rings. The molecule has 1 aromatic carbocycles. The van der Waals surface area contributed by atoms with Gasteiger partial charge in [-0.2, -0.15) is 0 Å². The lowest BCUT2D eigenvalue weighted by atomic mass is 10.2. The van der Waals surface area contributed by atoms with E-state index >= 15 is 0 Å². The lowest BCUT2D eigenvalue weighted by Crippen LogP contribution is -2.17. The number of halogens is 2. The molecule has 0 atom stereocenters. The maximum Gasteiger partial charge on any atom is 0.275 e. The molecule has 21 heavy (non-hydrogen) atoms. The van der Waals surface area contributed by atoms with Gasteiger partial charge in [0.15, 0.2) is 0 Å². The molecule has 1 amide bonds. The summed E-state index contributed by atoms with van der Waals surface area (Å²) in [6.07, 6.45) is 0. The average Bonchev–Trinajstić information content (AvgIpc) is 2.49. The van der Waals surface area contributed by atoms with Gasteiger partial charge >= 0.3 is 0 Å². The fourth-order valence-corrected chi connectivity index (χ4v) is 2.13. The number of hydrazine groups is 1. The Labute approximate surface area is 134 Å². The Morgan fingerprint density at radius 1 is 1.38 bits per heavy atom. The van der Waals surface area contributed by atoms with Crippen molar-refractivity contribution < 1.29 is 9.53 Å². The molecule has 110 valence electrons. The van der Waals surface area contributed by atoms with Crippen LogP contribution in [0.3, 0.4) is 0 Å². The standard InChI is InChI=1S/C13H12BrClN4O2/c1-21-7-2-3-8(14)10(6-7)17-13(20)12-9(15)4-5-11(18-12)19-16/h2-6H,16H2,1H3,(H,17,20)(H,18,19). The van der Waals surface area contributed by atoms with Crippen LogP contribution in [0.15, 0.2) is 34.8 Å². The minimum absolute atomic E-state index is 0.0711. The molecule has 0 aliphatic rings. The Hall–Kier alpha value is -1.83. The van der Waals surface area contributed by atoms with Gasteiger partial charge in [0.1, 0.15) is 17.3 Å². The summed E-state index contributed by atoms with van der Waals surface area (Å²) in [7, 11) is 1.55. The van der Waals surface area contributed by atoms with Gasteiger partial charge in [0.05, 0.1) is 17.8 Å². The first-order chi connectivity index (χ1) is 10.0. The molecule has 0 spiro atoms. The molecule has 6 nitrogen and oxygen atoms in total. The summed E-state index contributed by atoms with van der Waals surface area (Å²) in [5.41, 5.74) is 2.98. The molecule has 1 aromatic heterocycles. The second-order valence-corrected chi connectivity index (χ2v) is 5.23. The highest BCUT2D eigenvalue weighted by atomic mass is 79.9. The van der Waals surface area contributed by atoms with Gasteiger partial charge in [-0.25, -0.2) is 10.8 Å². The molecule has 0 unspecified atom stereocenters. The monoisotopic (exact) mass is 370 g/mol. The van der Waals surface area contributed by atoms with E-state index in [1.165, 1.54) is 0 Å². The molecule has 0 saturated carbocycles. The quantitative estimate of drug-likeness (QED) is 0.568. The normalized spacial score (nSPS) is 10.1. The number of ether oxygens (including phenoxy) is 1. The zero-order valence-corrected chi connectivity index (χ0v) is 13.3. The highest BCUT2D eigenvalue weighted by molar-refractivity contribution is 9.10. The number of carbonyl (C=O) groups excluding carboxylic acids is 1. The number of nitrogens with two attached hydrogens (primary N) is 1. The lowest BCUT2D eigenvalue weighted by molar-refractivity contribution is 0.102. The van der Waals surface area contributed by atoms with Crippen LogP contribution in [0.1, 0.15) is 10.5 Å². The number of carbonyl (C=O) groups is 1. The van der Waals surface area contributed by atoms with E-state index in [0.717, 1.165) is 0 Å². The number of hydrogen-bond donors (Lipinski definition) is 3. The number of hydrogen-bond acceptors (Lipinski definition) is 5. The van der Waals surface area contributed by atoms with Crippen LogP contribution in [0, 0.1) is 0 Å². The number of pyridine rings is 1. The third kappa shape index (κ3) is 3.63. The Morgan fingerprint density at radius 2 is 2.14 bits per heavy atom. The largest absolute Gasteiger partial charge is 0.497 e. The number of nitrogen functional groups attached to an aromatic ring is 1. The molecular weight excluding hydrogens is 360 g/mol. The molecule has 0 aliphatic carbocycles. The van der Waals surface area contributed by atoms with Gasteiger partial charge in [0.25, 0.3) is 5.91 Å². The third-order valence-corrected chi connectivity index (χ3v) is 3.63. The summed E-state index contributed by atoms with van der Waals surface area (Å²) >= 11 is 9.34. The van der Waals surface area contributed by atoms with Crippen molar-refractivity contribution in [2.45, 2.75) is 0 Å². The number of benzene rings is 1. The van der Waals surface area contributed by atoms with E-state index in [2.05, 4.69) is 31.7 Å². The van der Waals surface area contributed by atoms with Crippen LogP contribution in [0.25, 0.3) is 0 Å². The van der Waals surface area contributed by atoms with Crippen LogP contribution < -0.4 is 21.3 Å². The first kappa shape index (κ1) is 15.6. The van der Waals surface area contributed by atoms with Crippen molar-refractivity contribution in [2.24, 2.45) is 5.84 Å². The Balaban J connectivity index is 2.29. The number of rotatable bonds is 4. The number of amides is 1. The summed E-state index contributed by atoms with van der Waals surface area (Å²) in [5.74, 6) is 5.78. The number of anilines is 2. The van der Waals surface area contributed by atoms with E-state index < -0.39 is 5.91 Å². The molecule has 8 heteroatoms. The molecule has 0 bridgehead atoms. The summed E-state index contributed by atoms with van der Waals surface area (Å²) < 4.78 is 5.83. The van der Waals surface area contributed by atoms with Crippen LogP contribution in [0.2, 0.25) is 5.02 Å². The first-order valence-electron chi connectivity index (χ1n) is 5.83. The van der Waals surface area contributed by atoms with E-state index in [1.54, 1.807) is 37.4 Å². The fraction of sp³-hybridized carbons (Fsp3) is 0.0769. The molecule has 0 radical (unpaired) electrons. The highest BCUT2D eigenvalue weighted by Gasteiger charge is 2.15. The lowest BCUT2D eigenvalue weighted by Gasteiger charge is -2.10. The molecule has 2 aromatic rings. The van der Waals surface area contributed by atoms with E-state index in [4.69, 9.17) is 22.2 Å². The zero-order chi connectivity index (χ0) is 15.4. The van der Waals surface area contributed by atoms with Crippen molar-refractivity contribution in [3.8, 4) is 5.75 Å². The van der Waals surface area contributed by atoms with Crippen molar-refractivity contribution in [3.63, 3.8) is 0 Å². The van der Waals surface area contributed by atoms with Gasteiger partial charge in [0.2, 0.25) is 0 Å². The van der Waals surface area contributed by atoms with Crippen molar-refractivity contribution >= 4 is 44.9 Å². The minimum Gasteiger partial charge on any atom is -0.497 e. The van der Waals surface area contributed by atoms with Gasteiger partial charge in [0, 0.05) is 10.5 Å². The number of methoxy groups -OCH3 is 1. The Bertz CT molecular complexity index is 681. The minimum atomic E-state index is -0.453. The van der Waals surface area contributed by atoms with Crippen LogP contribution in [-0.4, -0.2) is 18.0 Å². The van der Waals surface area contributed by atoms with E-state index in [0.29, 0.717) is 21.7 Å². The fourth-order valence-electron chi connectivity index (χ4n) is 1.59. The van der Waals surface area contributed by atoms with Gasteiger partial charge in [-0.1, -0.05) is 11.6 Å². The van der Waals surface area contributed by atoms with E-state index in [1.807, 2.05) is 0 Å². The van der Waals surface area contributed by atoms with E-state index in [9.17, 15) is 4.79 Å². The second-order valence-electron chi connectivity index (χ2n) is 3.97. The predicted octanol–water partition coefficient (Wildman–Crippen LogP) is 3.04. The zero-order valence-electron chi connectivity index (χ0n) is 11.0. The van der Waals surface area contributed by atoms with Crippen molar-refractivity contribution in [3.05, 3.63) is 45.5 Å². The Morgan fingerprint density at radius 3 is 2.81 bits per heavy atom. The average molecular weight is 372 g/mol. The highest BCUT2D eigenvalue weighted by Crippen LogP contribution is 2.28. The molecule has 0 aliphatic heterocycles. The van der Waals surface area contributed by atoms with Gasteiger partial charge < -0.3 is 15.5 Å². The topological polar surface area (TPSA) is 89.3 Å². The van der Waals surface area contributed by atoms with Crippen molar-refractivity contribution in [1.82, 2.24) is 4.98 Å². The predicted molar refractivity (Wildman–Crippen MR) is 85.7 cm³/mol. The van der Waals surface area contributed by atoms with Crippen LogP contribution in [0.5, 0.6) is 5.75 Å². The third-order valence-electron chi connectivity index (χ3n) is 2.63. The molecule has 4 N–H and O–H groups in total. The van der Waals surface area contributed by atoms with Crippen molar-refractivity contribution in [1.29, 1.82) is 0 Å².